The summed E-state index contributed by atoms with van der Waals surface area (Å²) in [5.74, 6) is -4.25. The Balaban J connectivity index is 2.01. The minimum absolute atomic E-state index is 0.00565. The van der Waals surface area contributed by atoms with Crippen LogP contribution in [0.4, 0.5) is 8.78 Å². The van der Waals surface area contributed by atoms with E-state index < -0.39 is 51.6 Å². The molecular formula is C15H16ClF2NO5S. The Kier molecular flexibility index (Phi) is 5.99. The largest absolute Gasteiger partial charge is 0.452 e. The number of sulfone groups is 1. The fourth-order valence-corrected chi connectivity index (χ4v) is 4.58. The van der Waals surface area contributed by atoms with E-state index in [4.69, 9.17) is 16.3 Å². The molecule has 1 saturated heterocycles. The number of hydrogen-bond acceptors (Lipinski definition) is 5. The summed E-state index contributed by atoms with van der Waals surface area (Å²) in [6.45, 7) is 1.28. The van der Waals surface area contributed by atoms with Crippen molar-refractivity contribution in [1.29, 1.82) is 0 Å². The highest BCUT2D eigenvalue weighted by atomic mass is 35.5. The van der Waals surface area contributed by atoms with Crippen LogP contribution in [0.15, 0.2) is 12.1 Å². The van der Waals surface area contributed by atoms with Gasteiger partial charge in [0.15, 0.2) is 28.1 Å². The second-order valence-electron chi connectivity index (χ2n) is 5.56. The molecule has 2 rings (SSSR count). The van der Waals surface area contributed by atoms with Gasteiger partial charge in [-0.05, 0) is 25.5 Å². The topological polar surface area (TPSA) is 80.8 Å². The number of halogens is 3. The molecule has 0 N–H and O–H groups in total. The summed E-state index contributed by atoms with van der Waals surface area (Å²) >= 11 is 5.67. The molecule has 10 heteroatoms. The summed E-state index contributed by atoms with van der Waals surface area (Å²) in [6, 6.07) is 0.760. The number of amides is 1. The average molecular weight is 396 g/mol. The molecule has 1 fully saturated rings. The Morgan fingerprint density at radius 1 is 1.32 bits per heavy atom. The second kappa shape index (κ2) is 7.65. The first-order valence-corrected chi connectivity index (χ1v) is 9.66. The zero-order chi connectivity index (χ0) is 18.8. The Hall–Kier alpha value is -1.74. The third kappa shape index (κ3) is 4.66. The van der Waals surface area contributed by atoms with Crippen LogP contribution in [-0.2, 0) is 19.4 Å². The Morgan fingerprint density at radius 2 is 1.96 bits per heavy atom. The lowest BCUT2D eigenvalue weighted by molar-refractivity contribution is -0.136. The van der Waals surface area contributed by atoms with Crippen LogP contribution in [0.1, 0.15) is 23.7 Å². The minimum atomic E-state index is -3.17. The number of ether oxygens (including phenoxy) is 1. The molecule has 0 bridgehead atoms. The van der Waals surface area contributed by atoms with E-state index >= 15 is 0 Å². The average Bonchev–Trinajstić information content (AvgIpc) is 2.89. The van der Waals surface area contributed by atoms with E-state index in [-0.39, 0.29) is 23.1 Å². The van der Waals surface area contributed by atoms with Gasteiger partial charge in [0.2, 0.25) is 0 Å². The van der Waals surface area contributed by atoms with Gasteiger partial charge in [-0.2, -0.15) is 0 Å². The molecule has 0 radical (unpaired) electrons. The van der Waals surface area contributed by atoms with E-state index in [1.54, 1.807) is 6.92 Å². The van der Waals surface area contributed by atoms with Gasteiger partial charge in [-0.15, -0.1) is 0 Å². The molecule has 0 aromatic heterocycles. The second-order valence-corrected chi connectivity index (χ2v) is 8.19. The molecule has 1 amide bonds. The van der Waals surface area contributed by atoms with Crippen molar-refractivity contribution in [3.8, 4) is 0 Å². The van der Waals surface area contributed by atoms with E-state index in [1.165, 1.54) is 4.90 Å². The zero-order valence-electron chi connectivity index (χ0n) is 13.3. The van der Waals surface area contributed by atoms with Crippen molar-refractivity contribution < 1.29 is 31.5 Å². The third-order valence-electron chi connectivity index (χ3n) is 3.87. The van der Waals surface area contributed by atoms with Crippen LogP contribution in [0.3, 0.4) is 0 Å². The standard InChI is InChI=1S/C15H16ClF2NO5S/c1-2-19(9-3-4-25(22,23)8-9)14(20)7-24-15(21)10-5-12(17)13(18)6-11(10)16/h5-6,9H,2-4,7-8H2,1H3. The van der Waals surface area contributed by atoms with Crippen LogP contribution in [-0.4, -0.2) is 55.9 Å². The molecule has 1 aliphatic rings. The van der Waals surface area contributed by atoms with Crippen LogP contribution in [0, 0.1) is 11.6 Å². The van der Waals surface area contributed by atoms with Gasteiger partial charge in [-0.3, -0.25) is 4.79 Å². The SMILES string of the molecule is CCN(C(=O)COC(=O)c1cc(F)c(F)cc1Cl)C1CCS(=O)(=O)C1. The molecule has 1 aromatic rings. The quantitative estimate of drug-likeness (QED) is 0.561. The number of hydrogen-bond donors (Lipinski definition) is 0. The lowest BCUT2D eigenvalue weighted by atomic mass is 10.2. The maximum absolute atomic E-state index is 13.2. The van der Waals surface area contributed by atoms with E-state index in [2.05, 4.69) is 0 Å². The monoisotopic (exact) mass is 395 g/mol. The van der Waals surface area contributed by atoms with Crippen LogP contribution in [0.5, 0.6) is 0 Å². The summed E-state index contributed by atoms with van der Waals surface area (Å²) in [6.07, 6.45) is 0.324. The maximum atomic E-state index is 13.2. The Labute approximate surface area is 148 Å². The molecule has 1 atom stereocenters. The smallest absolute Gasteiger partial charge is 0.340 e. The number of benzene rings is 1. The van der Waals surface area contributed by atoms with Crippen LogP contribution < -0.4 is 0 Å². The van der Waals surface area contributed by atoms with Crippen LogP contribution >= 0.6 is 11.6 Å². The van der Waals surface area contributed by atoms with Gasteiger partial charge in [-0.25, -0.2) is 22.0 Å². The van der Waals surface area contributed by atoms with Gasteiger partial charge in [0.1, 0.15) is 0 Å². The van der Waals surface area contributed by atoms with Crippen molar-refractivity contribution >= 4 is 33.3 Å². The lowest BCUT2D eigenvalue weighted by Crippen LogP contribution is -2.43. The van der Waals surface area contributed by atoms with E-state index in [9.17, 15) is 26.8 Å². The normalized spacial score (nSPS) is 18.8. The Morgan fingerprint density at radius 3 is 2.52 bits per heavy atom. The van der Waals surface area contributed by atoms with Gasteiger partial charge in [0, 0.05) is 12.6 Å². The summed E-state index contributed by atoms with van der Waals surface area (Å²) in [7, 11) is -3.17. The van der Waals surface area contributed by atoms with Gasteiger partial charge >= 0.3 is 5.97 Å². The fraction of sp³-hybridized carbons (Fsp3) is 0.467. The number of esters is 1. The molecule has 1 unspecified atom stereocenters. The number of carbonyl (C=O) groups is 2. The summed E-state index contributed by atoms with van der Waals surface area (Å²) in [5.41, 5.74) is -0.403. The first-order chi connectivity index (χ1) is 11.6. The predicted octanol–water partition coefficient (Wildman–Crippen LogP) is 1.81. The van der Waals surface area contributed by atoms with Crippen molar-refractivity contribution in [2.24, 2.45) is 0 Å². The zero-order valence-corrected chi connectivity index (χ0v) is 14.9. The van der Waals surface area contributed by atoms with Crippen molar-refractivity contribution in [2.45, 2.75) is 19.4 Å². The molecule has 1 heterocycles. The van der Waals surface area contributed by atoms with Crippen molar-refractivity contribution in [3.05, 3.63) is 34.4 Å². The molecule has 0 saturated carbocycles. The van der Waals surface area contributed by atoms with Crippen LogP contribution in [0.25, 0.3) is 0 Å². The van der Waals surface area contributed by atoms with Gasteiger partial charge < -0.3 is 9.64 Å². The summed E-state index contributed by atoms with van der Waals surface area (Å²) in [5, 5.41) is -0.342. The van der Waals surface area contributed by atoms with Gasteiger partial charge in [0.05, 0.1) is 22.1 Å². The maximum Gasteiger partial charge on any atom is 0.340 e. The van der Waals surface area contributed by atoms with Crippen molar-refractivity contribution in [1.82, 2.24) is 4.90 Å². The number of likely N-dealkylation sites (N-methyl/N-ethyl adjacent to an activating group) is 1. The summed E-state index contributed by atoms with van der Waals surface area (Å²) in [4.78, 5) is 25.4. The highest BCUT2D eigenvalue weighted by Gasteiger charge is 2.34. The lowest BCUT2D eigenvalue weighted by Gasteiger charge is -2.26. The molecule has 1 aliphatic heterocycles. The van der Waals surface area contributed by atoms with Crippen molar-refractivity contribution in [2.75, 3.05) is 24.7 Å². The fourth-order valence-electron chi connectivity index (χ4n) is 2.63. The first-order valence-electron chi connectivity index (χ1n) is 7.46. The first kappa shape index (κ1) is 19.6. The molecule has 138 valence electrons. The van der Waals surface area contributed by atoms with E-state index in [1.807, 2.05) is 0 Å². The van der Waals surface area contributed by atoms with Crippen LogP contribution in [0.2, 0.25) is 5.02 Å². The minimum Gasteiger partial charge on any atom is -0.452 e. The third-order valence-corrected chi connectivity index (χ3v) is 5.93. The molecule has 0 aliphatic carbocycles. The molecular weight excluding hydrogens is 380 g/mol. The molecule has 1 aromatic carbocycles. The predicted molar refractivity (Wildman–Crippen MR) is 86.1 cm³/mol. The van der Waals surface area contributed by atoms with E-state index in [0.717, 1.165) is 0 Å². The number of nitrogens with zero attached hydrogens (tertiary/aromatic N) is 1. The Bertz CT molecular complexity index is 799. The highest BCUT2D eigenvalue weighted by molar-refractivity contribution is 7.91. The molecule has 6 nitrogen and oxygen atoms in total. The highest BCUT2D eigenvalue weighted by Crippen LogP contribution is 2.21. The molecule has 0 spiro atoms. The number of rotatable bonds is 5. The van der Waals surface area contributed by atoms with Gasteiger partial charge in [0.25, 0.3) is 5.91 Å². The van der Waals surface area contributed by atoms with E-state index in [0.29, 0.717) is 18.6 Å². The molecule has 25 heavy (non-hydrogen) atoms. The number of carbonyl (C=O) groups excluding carboxylic acids is 2. The van der Waals surface area contributed by atoms with Crippen molar-refractivity contribution in [3.63, 3.8) is 0 Å². The van der Waals surface area contributed by atoms with Gasteiger partial charge in [-0.1, -0.05) is 11.6 Å². The summed E-state index contributed by atoms with van der Waals surface area (Å²) < 4.78 is 54.1.